The molecular formula is C15H11ClF4O. The largest absolute Gasteiger partial charge is 0.435 e. The van der Waals surface area contributed by atoms with Gasteiger partial charge >= 0.3 is 6.61 Å². The Morgan fingerprint density at radius 2 is 1.67 bits per heavy atom. The molecule has 2 aromatic carbocycles. The molecule has 0 N–H and O–H groups in total. The Bertz CT molecular complexity index is 601. The van der Waals surface area contributed by atoms with E-state index in [0.29, 0.717) is 5.56 Å². The fourth-order valence-corrected chi connectivity index (χ4v) is 2.19. The second-order valence-corrected chi connectivity index (χ2v) is 4.86. The highest BCUT2D eigenvalue weighted by Crippen LogP contribution is 2.28. The topological polar surface area (TPSA) is 9.23 Å². The van der Waals surface area contributed by atoms with Crippen molar-refractivity contribution in [1.29, 1.82) is 0 Å². The van der Waals surface area contributed by atoms with E-state index in [1.807, 2.05) is 0 Å². The van der Waals surface area contributed by atoms with Crippen molar-refractivity contribution in [1.82, 2.24) is 0 Å². The van der Waals surface area contributed by atoms with Crippen LogP contribution in [0.2, 0.25) is 0 Å². The van der Waals surface area contributed by atoms with E-state index in [4.69, 9.17) is 11.6 Å². The number of halogens is 5. The highest BCUT2D eigenvalue weighted by Gasteiger charge is 2.14. The zero-order valence-corrected chi connectivity index (χ0v) is 11.5. The van der Waals surface area contributed by atoms with E-state index in [-0.39, 0.29) is 17.7 Å². The Morgan fingerprint density at radius 1 is 1.00 bits per heavy atom. The van der Waals surface area contributed by atoms with E-state index in [0.717, 1.165) is 6.07 Å². The van der Waals surface area contributed by atoms with Crippen molar-refractivity contribution in [2.24, 2.45) is 0 Å². The summed E-state index contributed by atoms with van der Waals surface area (Å²) in [6, 6.07) is 9.58. The van der Waals surface area contributed by atoms with Crippen molar-refractivity contribution in [2.75, 3.05) is 0 Å². The summed E-state index contributed by atoms with van der Waals surface area (Å²) in [6.45, 7) is -2.90. The lowest BCUT2D eigenvalue weighted by atomic mass is 10.0. The van der Waals surface area contributed by atoms with Crippen LogP contribution in [0.5, 0.6) is 5.75 Å². The lowest BCUT2D eigenvalue weighted by Gasteiger charge is -2.12. The molecule has 6 heteroatoms. The molecule has 2 aromatic rings. The van der Waals surface area contributed by atoms with Crippen LogP contribution in [0.25, 0.3) is 0 Å². The molecule has 0 aliphatic rings. The van der Waals surface area contributed by atoms with Gasteiger partial charge in [0, 0.05) is 0 Å². The minimum absolute atomic E-state index is 0.00885. The van der Waals surface area contributed by atoms with E-state index >= 15 is 0 Å². The number of ether oxygens (including phenoxy) is 1. The van der Waals surface area contributed by atoms with E-state index in [2.05, 4.69) is 4.74 Å². The maximum atomic E-state index is 13.5. The molecule has 1 unspecified atom stereocenters. The fourth-order valence-electron chi connectivity index (χ4n) is 1.88. The zero-order valence-electron chi connectivity index (χ0n) is 10.7. The molecule has 0 saturated carbocycles. The van der Waals surface area contributed by atoms with Crippen molar-refractivity contribution in [3.63, 3.8) is 0 Å². The van der Waals surface area contributed by atoms with Crippen molar-refractivity contribution in [3.8, 4) is 5.75 Å². The second kappa shape index (κ2) is 6.80. The average molecular weight is 319 g/mol. The number of benzene rings is 2. The Kier molecular flexibility index (Phi) is 5.07. The first-order valence-corrected chi connectivity index (χ1v) is 6.52. The van der Waals surface area contributed by atoms with E-state index in [9.17, 15) is 17.6 Å². The highest BCUT2D eigenvalue weighted by atomic mass is 35.5. The van der Waals surface area contributed by atoms with Crippen molar-refractivity contribution in [3.05, 3.63) is 65.2 Å². The van der Waals surface area contributed by atoms with Crippen LogP contribution in [0.1, 0.15) is 16.5 Å². The Morgan fingerprint density at radius 3 is 2.29 bits per heavy atom. The van der Waals surface area contributed by atoms with Crippen LogP contribution in [0.4, 0.5) is 17.6 Å². The molecule has 0 aromatic heterocycles. The molecule has 0 spiro atoms. The van der Waals surface area contributed by atoms with Gasteiger partial charge in [-0.05, 0) is 35.7 Å². The van der Waals surface area contributed by atoms with Crippen molar-refractivity contribution in [2.45, 2.75) is 18.4 Å². The van der Waals surface area contributed by atoms with E-state index < -0.39 is 23.6 Å². The smallest absolute Gasteiger partial charge is 0.387 e. The summed E-state index contributed by atoms with van der Waals surface area (Å²) in [4.78, 5) is 0. The van der Waals surface area contributed by atoms with Crippen LogP contribution in [0, 0.1) is 11.6 Å². The molecule has 0 bridgehead atoms. The molecule has 0 saturated heterocycles. The van der Waals surface area contributed by atoms with Gasteiger partial charge in [0.1, 0.15) is 5.75 Å². The number of rotatable bonds is 5. The van der Waals surface area contributed by atoms with Crippen LogP contribution < -0.4 is 4.74 Å². The third kappa shape index (κ3) is 4.11. The zero-order chi connectivity index (χ0) is 15.4. The molecule has 0 aliphatic heterocycles. The summed E-state index contributed by atoms with van der Waals surface area (Å²) >= 11 is 6.15. The standard InChI is InChI=1S/C15H11ClF4O/c16-12(8-10-2-1-3-13(17)14(10)18)9-4-6-11(7-5-9)21-15(19)20/h1-7,12,15H,8H2. The van der Waals surface area contributed by atoms with Crippen molar-refractivity contribution >= 4 is 11.6 Å². The average Bonchev–Trinajstić information content (AvgIpc) is 2.44. The predicted octanol–water partition coefficient (Wildman–Crippen LogP) is 5.09. The van der Waals surface area contributed by atoms with Gasteiger partial charge in [-0.2, -0.15) is 8.78 Å². The molecule has 1 atom stereocenters. The summed E-state index contributed by atoms with van der Waals surface area (Å²) in [5, 5.41) is -0.609. The van der Waals surface area contributed by atoms with Gasteiger partial charge in [0.25, 0.3) is 0 Å². The molecule has 0 radical (unpaired) electrons. The van der Waals surface area contributed by atoms with Crippen LogP contribution in [-0.2, 0) is 6.42 Å². The normalized spacial score (nSPS) is 12.5. The molecule has 112 valence electrons. The van der Waals surface area contributed by atoms with Gasteiger partial charge in [0.2, 0.25) is 0 Å². The van der Waals surface area contributed by atoms with Gasteiger partial charge in [-0.3, -0.25) is 0 Å². The van der Waals surface area contributed by atoms with Gasteiger partial charge in [-0.15, -0.1) is 11.6 Å². The quantitative estimate of drug-likeness (QED) is 0.551. The molecule has 0 fully saturated rings. The maximum absolute atomic E-state index is 13.5. The first kappa shape index (κ1) is 15.6. The SMILES string of the molecule is Fc1cccc(CC(Cl)c2ccc(OC(F)F)cc2)c1F. The number of hydrogen-bond donors (Lipinski definition) is 0. The van der Waals surface area contributed by atoms with Gasteiger partial charge in [0.15, 0.2) is 11.6 Å². The number of hydrogen-bond acceptors (Lipinski definition) is 1. The van der Waals surface area contributed by atoms with E-state index in [1.54, 1.807) is 0 Å². The summed E-state index contributed by atoms with van der Waals surface area (Å²) < 4.78 is 54.9. The second-order valence-electron chi connectivity index (χ2n) is 4.33. The van der Waals surface area contributed by atoms with Gasteiger partial charge in [-0.1, -0.05) is 24.3 Å². The lowest BCUT2D eigenvalue weighted by Crippen LogP contribution is -2.03. The van der Waals surface area contributed by atoms with Crippen LogP contribution in [-0.4, -0.2) is 6.61 Å². The van der Waals surface area contributed by atoms with Crippen molar-refractivity contribution < 1.29 is 22.3 Å². The lowest BCUT2D eigenvalue weighted by molar-refractivity contribution is -0.0498. The molecule has 2 rings (SSSR count). The Hall–Kier alpha value is -1.75. The molecule has 0 heterocycles. The summed E-state index contributed by atoms with van der Waals surface area (Å²) in [5.41, 5.74) is 0.754. The summed E-state index contributed by atoms with van der Waals surface area (Å²) in [6.07, 6.45) is 0.0835. The maximum Gasteiger partial charge on any atom is 0.387 e. The predicted molar refractivity (Wildman–Crippen MR) is 71.7 cm³/mol. The van der Waals surface area contributed by atoms with E-state index in [1.165, 1.54) is 36.4 Å². The monoisotopic (exact) mass is 318 g/mol. The molecule has 21 heavy (non-hydrogen) atoms. The highest BCUT2D eigenvalue weighted by molar-refractivity contribution is 6.20. The minimum atomic E-state index is -2.90. The van der Waals surface area contributed by atoms with Crippen LogP contribution >= 0.6 is 11.6 Å². The van der Waals surface area contributed by atoms with Gasteiger partial charge in [0.05, 0.1) is 5.38 Å². The first-order chi connectivity index (χ1) is 9.97. The van der Waals surface area contributed by atoms with Gasteiger partial charge < -0.3 is 4.74 Å². The van der Waals surface area contributed by atoms with Crippen LogP contribution in [0.3, 0.4) is 0 Å². The first-order valence-electron chi connectivity index (χ1n) is 6.09. The molecule has 0 amide bonds. The van der Waals surface area contributed by atoms with Crippen LogP contribution in [0.15, 0.2) is 42.5 Å². The summed E-state index contributed by atoms with van der Waals surface area (Å²) in [7, 11) is 0. The van der Waals surface area contributed by atoms with Gasteiger partial charge in [-0.25, -0.2) is 8.78 Å². The summed E-state index contributed by atoms with van der Waals surface area (Å²) in [5.74, 6) is -1.85. The molecule has 1 nitrogen and oxygen atoms in total. The molecular weight excluding hydrogens is 308 g/mol. The third-order valence-electron chi connectivity index (χ3n) is 2.90. The number of alkyl halides is 3. The Labute approximate surface area is 124 Å². The third-order valence-corrected chi connectivity index (χ3v) is 3.30. The fraction of sp³-hybridized carbons (Fsp3) is 0.200. The molecule has 0 aliphatic carbocycles. The Balaban J connectivity index is 2.09. The minimum Gasteiger partial charge on any atom is -0.435 e.